The van der Waals surface area contributed by atoms with Gasteiger partial charge in [0.25, 0.3) is 0 Å². The second-order valence-electron chi connectivity index (χ2n) is 5.93. The maximum absolute atomic E-state index is 4.72. The van der Waals surface area contributed by atoms with Gasteiger partial charge in [-0.2, -0.15) is 0 Å². The Labute approximate surface area is 170 Å². The van der Waals surface area contributed by atoms with E-state index in [0.29, 0.717) is 12.6 Å². The summed E-state index contributed by atoms with van der Waals surface area (Å²) in [5.41, 5.74) is 2.44. The molecule has 0 fully saturated rings. The lowest BCUT2D eigenvalue weighted by atomic mass is 10.1. The van der Waals surface area contributed by atoms with E-state index in [9.17, 15) is 0 Å². The van der Waals surface area contributed by atoms with Crippen LogP contribution >= 0.6 is 35.3 Å². The number of aryl methyl sites for hydroxylation is 2. The van der Waals surface area contributed by atoms with Gasteiger partial charge in [0.15, 0.2) is 5.96 Å². The van der Waals surface area contributed by atoms with Crippen LogP contribution in [0.4, 0.5) is 0 Å². The number of halogens is 1. The van der Waals surface area contributed by atoms with Gasteiger partial charge in [0.1, 0.15) is 0 Å². The Morgan fingerprint density at radius 2 is 1.96 bits per heavy atom. The van der Waals surface area contributed by atoms with Gasteiger partial charge in [-0.05, 0) is 24.8 Å². The largest absolute Gasteiger partial charge is 0.353 e. The predicted molar refractivity (Wildman–Crippen MR) is 117 cm³/mol. The summed E-state index contributed by atoms with van der Waals surface area (Å²) in [5.74, 6) is 0.850. The van der Waals surface area contributed by atoms with Crippen molar-refractivity contribution >= 4 is 41.3 Å². The van der Waals surface area contributed by atoms with Gasteiger partial charge in [0, 0.05) is 24.9 Å². The molecule has 25 heavy (non-hydrogen) atoms. The van der Waals surface area contributed by atoms with Gasteiger partial charge < -0.3 is 10.6 Å². The number of guanidine groups is 1. The van der Waals surface area contributed by atoms with E-state index in [-0.39, 0.29) is 24.0 Å². The van der Waals surface area contributed by atoms with E-state index in [1.54, 1.807) is 11.3 Å². The van der Waals surface area contributed by atoms with Gasteiger partial charge in [-0.25, -0.2) is 4.98 Å². The van der Waals surface area contributed by atoms with Gasteiger partial charge in [0.2, 0.25) is 0 Å². The molecular formula is C19H25IN4S. The Balaban J connectivity index is 0.00000225. The van der Waals surface area contributed by atoms with Crippen molar-refractivity contribution < 1.29 is 0 Å². The van der Waals surface area contributed by atoms with Crippen LogP contribution in [-0.4, -0.2) is 24.0 Å². The number of hydrogen-bond acceptors (Lipinski definition) is 3. The Kier molecular flexibility index (Phi) is 8.40. The average Bonchev–Trinajstić information content (AvgIpc) is 3.29. The van der Waals surface area contributed by atoms with Crippen LogP contribution in [0.15, 0.2) is 52.9 Å². The van der Waals surface area contributed by atoms with Crippen LogP contribution < -0.4 is 10.6 Å². The molecule has 2 N–H and O–H groups in total. The number of hydrogen-bond donors (Lipinski definition) is 2. The fourth-order valence-corrected chi connectivity index (χ4v) is 3.54. The molecule has 1 aromatic carbocycles. The van der Waals surface area contributed by atoms with Crippen molar-refractivity contribution in [3.63, 3.8) is 0 Å². The maximum Gasteiger partial charge on any atom is 0.191 e. The Morgan fingerprint density at radius 3 is 2.68 bits per heavy atom. The first-order valence-electron chi connectivity index (χ1n) is 8.43. The van der Waals surface area contributed by atoms with Crippen molar-refractivity contribution in [2.45, 2.75) is 38.3 Å². The fourth-order valence-electron chi connectivity index (χ4n) is 2.74. The quantitative estimate of drug-likeness (QED) is 0.293. The summed E-state index contributed by atoms with van der Waals surface area (Å²) in [6.07, 6.45) is 8.60. The smallest absolute Gasteiger partial charge is 0.191 e. The van der Waals surface area contributed by atoms with Crippen LogP contribution in [0.2, 0.25) is 0 Å². The van der Waals surface area contributed by atoms with Crippen molar-refractivity contribution in [1.29, 1.82) is 0 Å². The first-order valence-corrected chi connectivity index (χ1v) is 9.31. The number of thiazole rings is 1. The van der Waals surface area contributed by atoms with Crippen molar-refractivity contribution in [1.82, 2.24) is 15.6 Å². The first kappa shape index (κ1) is 19.9. The van der Waals surface area contributed by atoms with Crippen LogP contribution in [0.5, 0.6) is 0 Å². The van der Waals surface area contributed by atoms with Crippen molar-refractivity contribution in [2.75, 3.05) is 7.05 Å². The van der Waals surface area contributed by atoms with E-state index in [1.165, 1.54) is 10.6 Å². The number of aliphatic imine (C=N–C) groups is 1. The summed E-state index contributed by atoms with van der Waals surface area (Å²) in [7, 11) is 1.81. The van der Waals surface area contributed by atoms with Crippen LogP contribution in [0.25, 0.3) is 0 Å². The minimum Gasteiger partial charge on any atom is -0.353 e. The zero-order valence-corrected chi connectivity index (χ0v) is 17.6. The van der Waals surface area contributed by atoms with Gasteiger partial charge in [-0.15, -0.1) is 35.3 Å². The Morgan fingerprint density at radius 1 is 1.20 bits per heavy atom. The number of aromatic nitrogens is 1. The topological polar surface area (TPSA) is 49.3 Å². The molecule has 0 spiro atoms. The van der Waals surface area contributed by atoms with Crippen LogP contribution in [0, 0.1) is 0 Å². The second kappa shape index (κ2) is 10.6. The third-order valence-electron chi connectivity index (χ3n) is 4.08. The summed E-state index contributed by atoms with van der Waals surface area (Å²) in [6, 6.07) is 11.0. The van der Waals surface area contributed by atoms with E-state index in [1.807, 2.05) is 7.05 Å². The number of benzene rings is 1. The lowest BCUT2D eigenvalue weighted by Crippen LogP contribution is -2.42. The molecule has 1 aromatic heterocycles. The molecule has 0 saturated carbocycles. The summed E-state index contributed by atoms with van der Waals surface area (Å²) in [4.78, 5) is 9.02. The molecule has 1 aliphatic carbocycles. The van der Waals surface area contributed by atoms with Gasteiger partial charge >= 0.3 is 0 Å². The summed E-state index contributed by atoms with van der Waals surface area (Å²) < 4.78 is 0. The minimum absolute atomic E-state index is 0. The average molecular weight is 468 g/mol. The third kappa shape index (κ3) is 6.43. The molecule has 6 heteroatoms. The molecule has 0 amide bonds. The van der Waals surface area contributed by atoms with E-state index >= 15 is 0 Å². The molecule has 0 saturated heterocycles. The fraction of sp³-hybridized carbons (Fsp3) is 0.368. The highest BCUT2D eigenvalue weighted by atomic mass is 127. The molecule has 1 aliphatic rings. The standard InChI is InChI=1S/C19H24N4S.HI/c1-20-19(23-16-9-5-6-10-16)21-13-17-14-24-18(22-17)12-11-15-7-3-2-4-8-15;/h2-8,14,16H,9-13H2,1H3,(H2,20,21,23);1H. The van der Waals surface area contributed by atoms with Crippen LogP contribution in [0.1, 0.15) is 29.1 Å². The zero-order valence-electron chi connectivity index (χ0n) is 14.4. The van der Waals surface area contributed by atoms with E-state index in [0.717, 1.165) is 37.3 Å². The molecule has 0 aliphatic heterocycles. The van der Waals surface area contributed by atoms with Crippen LogP contribution in [-0.2, 0) is 19.4 Å². The van der Waals surface area contributed by atoms with Gasteiger partial charge in [-0.1, -0.05) is 42.5 Å². The van der Waals surface area contributed by atoms with Crippen molar-refractivity contribution in [2.24, 2.45) is 4.99 Å². The van der Waals surface area contributed by atoms with Gasteiger partial charge in [-0.3, -0.25) is 4.99 Å². The third-order valence-corrected chi connectivity index (χ3v) is 5.04. The lowest BCUT2D eigenvalue weighted by molar-refractivity contribution is 0.632. The molecule has 1 heterocycles. The summed E-state index contributed by atoms with van der Waals surface area (Å²) in [6.45, 7) is 0.710. The summed E-state index contributed by atoms with van der Waals surface area (Å²) >= 11 is 1.74. The monoisotopic (exact) mass is 468 g/mol. The molecule has 3 rings (SSSR count). The number of nitrogens with zero attached hydrogens (tertiary/aromatic N) is 2. The van der Waals surface area contributed by atoms with E-state index in [4.69, 9.17) is 4.98 Å². The van der Waals surface area contributed by atoms with Crippen LogP contribution in [0.3, 0.4) is 0 Å². The Hall–Kier alpha value is -1.41. The normalized spacial score (nSPS) is 14.4. The molecule has 0 atom stereocenters. The lowest BCUT2D eigenvalue weighted by Gasteiger charge is -2.16. The molecule has 134 valence electrons. The van der Waals surface area contributed by atoms with Gasteiger partial charge in [0.05, 0.1) is 17.2 Å². The Bertz CT molecular complexity index is 688. The highest BCUT2D eigenvalue weighted by Gasteiger charge is 2.11. The molecule has 0 radical (unpaired) electrons. The maximum atomic E-state index is 4.72. The number of nitrogens with one attached hydrogen (secondary N) is 2. The molecule has 0 bridgehead atoms. The predicted octanol–water partition coefficient (Wildman–Crippen LogP) is 3.93. The minimum atomic E-state index is 0. The highest BCUT2D eigenvalue weighted by molar-refractivity contribution is 14.0. The second-order valence-corrected chi connectivity index (χ2v) is 6.87. The molecule has 0 unspecified atom stereocenters. The first-order chi connectivity index (χ1) is 11.8. The number of rotatable bonds is 6. The molecular weight excluding hydrogens is 443 g/mol. The van der Waals surface area contributed by atoms with E-state index in [2.05, 4.69) is 63.5 Å². The SMILES string of the molecule is CN=C(NCc1csc(CCc2ccccc2)n1)NC1CC=CC1.I. The van der Waals surface area contributed by atoms with Crippen molar-refractivity contribution in [3.05, 3.63) is 64.1 Å². The highest BCUT2D eigenvalue weighted by Crippen LogP contribution is 2.13. The molecule has 2 aromatic rings. The van der Waals surface area contributed by atoms with Crippen molar-refractivity contribution in [3.8, 4) is 0 Å². The zero-order chi connectivity index (χ0) is 16.6. The molecule has 4 nitrogen and oxygen atoms in total. The van der Waals surface area contributed by atoms with E-state index < -0.39 is 0 Å². The summed E-state index contributed by atoms with van der Waals surface area (Å²) in [5, 5.41) is 10.1.